The monoisotopic (exact) mass is 505 g/mol. The predicted molar refractivity (Wildman–Crippen MR) is 115 cm³/mol. The van der Waals surface area contributed by atoms with Crippen LogP contribution in [0, 0.1) is 5.82 Å². The molecule has 1 aromatic carbocycles. The second kappa shape index (κ2) is 9.43. The van der Waals surface area contributed by atoms with Crippen molar-refractivity contribution in [3.05, 3.63) is 68.2 Å². The number of tetrazole rings is 1. The molecule has 1 atom stereocenters. The minimum Gasteiger partial charge on any atom is -0.466 e. The molecule has 1 N–H and O–H groups in total. The number of ether oxygens (including phenoxy) is 1. The minimum atomic E-state index is -0.380. The summed E-state index contributed by atoms with van der Waals surface area (Å²) in [5.74, 6) is -0.118. The molecule has 0 bridgehead atoms. The number of benzene rings is 1. The number of nitrogens with zero attached hydrogens (tertiary/aromatic N) is 6. The van der Waals surface area contributed by atoms with Crippen molar-refractivity contribution in [3.63, 3.8) is 0 Å². The second-order valence-corrected chi connectivity index (χ2v) is 8.25. The van der Waals surface area contributed by atoms with E-state index in [9.17, 15) is 9.18 Å². The molecule has 1 aliphatic rings. The highest BCUT2D eigenvalue weighted by Gasteiger charge is 2.22. The standard InChI is InChI=1S/C19H17BrFN7O2S/c1-2-30-17(29)7-13-9-31-19(24-13)18-23-12(8-28-10-22-26-27-28)6-16(25-18)14-4-3-11(21)5-15(14)20/h3-6,9-10,16H,2,7-8H2,1H3,(H,23,25). The van der Waals surface area contributed by atoms with E-state index >= 15 is 0 Å². The van der Waals surface area contributed by atoms with Crippen molar-refractivity contribution < 1.29 is 13.9 Å². The second-order valence-electron chi connectivity index (χ2n) is 6.54. The zero-order valence-corrected chi connectivity index (χ0v) is 18.7. The average Bonchev–Trinajstić information content (AvgIpc) is 3.40. The van der Waals surface area contributed by atoms with Gasteiger partial charge in [-0.3, -0.25) is 9.79 Å². The summed E-state index contributed by atoms with van der Waals surface area (Å²) in [6.07, 6.45) is 3.53. The molecular formula is C19H17BrFN7O2S. The van der Waals surface area contributed by atoms with Crippen LogP contribution in [0.2, 0.25) is 0 Å². The van der Waals surface area contributed by atoms with E-state index < -0.39 is 0 Å². The van der Waals surface area contributed by atoms with Crippen LogP contribution in [0.4, 0.5) is 4.39 Å². The first kappa shape index (κ1) is 21.2. The highest BCUT2D eigenvalue weighted by atomic mass is 79.9. The SMILES string of the molecule is CCOC(=O)Cc1csc(C2=NC(c3ccc(F)cc3Br)C=C(Cn3cnnn3)N2)n1. The Morgan fingerprint density at radius 3 is 3.03 bits per heavy atom. The van der Waals surface area contributed by atoms with Crippen LogP contribution in [-0.2, 0) is 22.5 Å². The summed E-state index contributed by atoms with van der Waals surface area (Å²) in [6, 6.07) is 4.11. The summed E-state index contributed by atoms with van der Waals surface area (Å²) < 4.78 is 20.8. The number of halogens is 2. The first-order chi connectivity index (χ1) is 15.0. The Balaban J connectivity index is 1.64. The molecule has 0 aliphatic carbocycles. The smallest absolute Gasteiger partial charge is 0.311 e. The number of hydrogen-bond donors (Lipinski definition) is 1. The van der Waals surface area contributed by atoms with Crippen molar-refractivity contribution >= 4 is 39.1 Å². The zero-order chi connectivity index (χ0) is 21.8. The Hall–Kier alpha value is -2.99. The molecule has 9 nitrogen and oxygen atoms in total. The maximum atomic E-state index is 13.6. The fourth-order valence-electron chi connectivity index (χ4n) is 2.98. The minimum absolute atomic E-state index is 0.0951. The van der Waals surface area contributed by atoms with Crippen LogP contribution in [0.25, 0.3) is 0 Å². The topological polar surface area (TPSA) is 107 Å². The summed E-state index contributed by atoms with van der Waals surface area (Å²) in [7, 11) is 0. The lowest BCUT2D eigenvalue weighted by atomic mass is 10.0. The van der Waals surface area contributed by atoms with Crippen LogP contribution in [0.1, 0.15) is 29.2 Å². The number of amidine groups is 1. The van der Waals surface area contributed by atoms with Crippen LogP contribution in [0.3, 0.4) is 0 Å². The van der Waals surface area contributed by atoms with Gasteiger partial charge in [0, 0.05) is 15.5 Å². The molecule has 160 valence electrons. The molecule has 0 fully saturated rings. The van der Waals surface area contributed by atoms with Gasteiger partial charge in [0.25, 0.3) is 0 Å². The summed E-state index contributed by atoms with van der Waals surface area (Å²) in [5, 5.41) is 16.9. The van der Waals surface area contributed by atoms with E-state index in [1.54, 1.807) is 23.1 Å². The summed E-state index contributed by atoms with van der Waals surface area (Å²) in [5.41, 5.74) is 2.22. The molecule has 0 saturated carbocycles. The third kappa shape index (κ3) is 5.20. The fourth-order valence-corrected chi connectivity index (χ4v) is 4.33. The third-order valence-electron chi connectivity index (χ3n) is 4.30. The van der Waals surface area contributed by atoms with Gasteiger partial charge in [-0.05, 0) is 41.1 Å². The van der Waals surface area contributed by atoms with Gasteiger partial charge in [0.05, 0.1) is 31.3 Å². The quantitative estimate of drug-likeness (QED) is 0.491. The lowest BCUT2D eigenvalue weighted by molar-refractivity contribution is -0.142. The lowest BCUT2D eigenvalue weighted by Crippen LogP contribution is -2.30. The van der Waals surface area contributed by atoms with Gasteiger partial charge in [-0.25, -0.2) is 14.1 Å². The number of aromatic nitrogens is 5. The van der Waals surface area contributed by atoms with Crippen LogP contribution in [0.15, 0.2) is 51.1 Å². The van der Waals surface area contributed by atoms with Gasteiger partial charge in [0.2, 0.25) is 0 Å². The van der Waals surface area contributed by atoms with Crippen LogP contribution in [0.5, 0.6) is 0 Å². The van der Waals surface area contributed by atoms with Crippen LogP contribution < -0.4 is 5.32 Å². The average molecular weight is 506 g/mol. The van der Waals surface area contributed by atoms with E-state index in [0.717, 1.165) is 11.3 Å². The first-order valence-corrected chi connectivity index (χ1v) is 11.0. The Bertz CT molecular complexity index is 1150. The van der Waals surface area contributed by atoms with Crippen molar-refractivity contribution in [3.8, 4) is 0 Å². The van der Waals surface area contributed by atoms with E-state index in [4.69, 9.17) is 9.73 Å². The number of rotatable bonds is 7. The number of esters is 1. The molecule has 0 amide bonds. The van der Waals surface area contributed by atoms with Crippen molar-refractivity contribution in [2.45, 2.75) is 25.9 Å². The van der Waals surface area contributed by atoms with Gasteiger partial charge in [-0.2, -0.15) is 0 Å². The van der Waals surface area contributed by atoms with Crippen LogP contribution >= 0.6 is 27.3 Å². The van der Waals surface area contributed by atoms with Gasteiger partial charge in [0.1, 0.15) is 12.1 Å². The highest BCUT2D eigenvalue weighted by molar-refractivity contribution is 9.10. The number of aliphatic imine (C=N–C) groups is 1. The number of carbonyl (C=O) groups is 1. The van der Waals surface area contributed by atoms with E-state index in [0.29, 0.717) is 34.2 Å². The van der Waals surface area contributed by atoms with Gasteiger partial charge in [-0.1, -0.05) is 22.0 Å². The van der Waals surface area contributed by atoms with E-state index in [-0.39, 0.29) is 24.2 Å². The summed E-state index contributed by atoms with van der Waals surface area (Å²) >= 11 is 4.80. The zero-order valence-electron chi connectivity index (χ0n) is 16.3. The van der Waals surface area contributed by atoms with Gasteiger partial charge in [0.15, 0.2) is 10.8 Å². The molecule has 0 saturated heterocycles. The largest absolute Gasteiger partial charge is 0.466 e. The van der Waals surface area contributed by atoms with Gasteiger partial charge >= 0.3 is 5.97 Å². The predicted octanol–water partition coefficient (Wildman–Crippen LogP) is 2.81. The molecule has 4 rings (SSSR count). The Morgan fingerprint density at radius 2 is 2.29 bits per heavy atom. The fraction of sp³-hybridized carbons (Fsp3) is 0.263. The number of thiazole rings is 1. The molecule has 2 aromatic heterocycles. The maximum Gasteiger partial charge on any atom is 0.311 e. The third-order valence-corrected chi connectivity index (χ3v) is 5.88. The van der Waals surface area contributed by atoms with E-state index in [1.165, 1.54) is 29.8 Å². The van der Waals surface area contributed by atoms with Crippen molar-refractivity contribution in [2.24, 2.45) is 4.99 Å². The van der Waals surface area contributed by atoms with Gasteiger partial charge in [-0.15, -0.1) is 16.4 Å². The molecule has 0 spiro atoms. The highest BCUT2D eigenvalue weighted by Crippen LogP contribution is 2.31. The summed E-state index contributed by atoms with van der Waals surface area (Å²) in [4.78, 5) is 21.1. The molecule has 1 unspecified atom stereocenters. The Labute approximate surface area is 189 Å². The lowest BCUT2D eigenvalue weighted by Gasteiger charge is -2.22. The number of carbonyl (C=O) groups excluding carboxylic acids is 1. The molecule has 31 heavy (non-hydrogen) atoms. The first-order valence-electron chi connectivity index (χ1n) is 9.33. The molecule has 3 heterocycles. The maximum absolute atomic E-state index is 13.6. The summed E-state index contributed by atoms with van der Waals surface area (Å²) in [6.45, 7) is 2.48. The Kier molecular flexibility index (Phi) is 6.47. The van der Waals surface area contributed by atoms with Crippen molar-refractivity contribution in [1.29, 1.82) is 0 Å². The normalized spacial score (nSPS) is 15.8. The molecule has 1 aliphatic heterocycles. The van der Waals surface area contributed by atoms with E-state index in [2.05, 4.69) is 41.8 Å². The van der Waals surface area contributed by atoms with Crippen molar-refractivity contribution in [1.82, 2.24) is 30.5 Å². The molecule has 0 radical (unpaired) electrons. The number of nitrogens with one attached hydrogen (secondary N) is 1. The molecule has 3 aromatic rings. The number of allylic oxidation sites excluding steroid dienone is 1. The van der Waals surface area contributed by atoms with E-state index in [1.807, 2.05) is 6.08 Å². The van der Waals surface area contributed by atoms with Gasteiger partial charge < -0.3 is 10.1 Å². The Morgan fingerprint density at radius 1 is 1.42 bits per heavy atom. The van der Waals surface area contributed by atoms with Crippen LogP contribution in [-0.4, -0.2) is 43.6 Å². The molecule has 12 heteroatoms. The number of hydrogen-bond acceptors (Lipinski definition) is 9. The molecular weight excluding hydrogens is 489 g/mol. The van der Waals surface area contributed by atoms with Crippen molar-refractivity contribution in [2.75, 3.05) is 6.61 Å².